The third-order valence-electron chi connectivity index (χ3n) is 3.78. The van der Waals surface area contributed by atoms with Gasteiger partial charge in [-0.25, -0.2) is 0 Å². The summed E-state index contributed by atoms with van der Waals surface area (Å²) in [5.74, 6) is 1.04. The van der Waals surface area contributed by atoms with Gasteiger partial charge in [0.05, 0.1) is 7.11 Å². The summed E-state index contributed by atoms with van der Waals surface area (Å²) in [6.45, 7) is 2.96. The molecule has 0 radical (unpaired) electrons. The molecule has 1 heterocycles. The monoisotopic (exact) mass is 221 g/mol. The van der Waals surface area contributed by atoms with Gasteiger partial charge in [-0.05, 0) is 25.3 Å². The fourth-order valence-electron chi connectivity index (χ4n) is 2.72. The SMILES string of the molecule is CCC1=CC=C(OC)[C@@]2(CCN(C)C2=O)C1. The van der Waals surface area contributed by atoms with E-state index in [2.05, 4.69) is 13.0 Å². The van der Waals surface area contributed by atoms with Crippen LogP contribution in [-0.4, -0.2) is 31.5 Å². The molecule has 3 heteroatoms. The summed E-state index contributed by atoms with van der Waals surface area (Å²) in [5, 5.41) is 0. The molecule has 0 saturated carbocycles. The highest BCUT2D eigenvalue weighted by Gasteiger charge is 2.50. The molecular weight excluding hydrogens is 202 g/mol. The second kappa shape index (κ2) is 3.96. The minimum Gasteiger partial charge on any atom is -0.500 e. The highest BCUT2D eigenvalue weighted by Crippen LogP contribution is 2.46. The molecule has 2 rings (SSSR count). The molecule has 3 nitrogen and oxygen atoms in total. The molecule has 0 N–H and O–H groups in total. The van der Waals surface area contributed by atoms with E-state index in [1.54, 1.807) is 7.11 Å². The van der Waals surface area contributed by atoms with E-state index in [1.165, 1.54) is 5.57 Å². The van der Waals surface area contributed by atoms with Crippen molar-refractivity contribution in [2.45, 2.75) is 26.2 Å². The number of carbonyl (C=O) groups excluding carboxylic acids is 1. The number of hydrogen-bond donors (Lipinski definition) is 0. The van der Waals surface area contributed by atoms with E-state index >= 15 is 0 Å². The van der Waals surface area contributed by atoms with Gasteiger partial charge in [0.2, 0.25) is 5.91 Å². The first-order valence-corrected chi connectivity index (χ1v) is 5.84. The average molecular weight is 221 g/mol. The van der Waals surface area contributed by atoms with E-state index in [0.717, 1.165) is 31.6 Å². The lowest BCUT2D eigenvalue weighted by Gasteiger charge is -2.32. The number of hydrogen-bond acceptors (Lipinski definition) is 2. The Bertz CT molecular complexity index is 370. The van der Waals surface area contributed by atoms with E-state index < -0.39 is 5.41 Å². The van der Waals surface area contributed by atoms with E-state index in [1.807, 2.05) is 18.0 Å². The first-order chi connectivity index (χ1) is 7.64. The molecular formula is C13H19NO2. The summed E-state index contributed by atoms with van der Waals surface area (Å²) in [6.07, 6.45) is 6.77. The lowest BCUT2D eigenvalue weighted by Crippen LogP contribution is -2.36. The van der Waals surface area contributed by atoms with Gasteiger partial charge < -0.3 is 9.64 Å². The van der Waals surface area contributed by atoms with Crippen molar-refractivity contribution in [3.63, 3.8) is 0 Å². The number of rotatable bonds is 2. The predicted molar refractivity (Wildman–Crippen MR) is 62.8 cm³/mol. The average Bonchev–Trinajstić information content (AvgIpc) is 2.59. The molecule has 16 heavy (non-hydrogen) atoms. The molecule has 0 unspecified atom stereocenters. The van der Waals surface area contributed by atoms with Crippen LogP contribution < -0.4 is 0 Å². The second-order valence-electron chi connectivity index (χ2n) is 4.65. The Morgan fingerprint density at radius 3 is 2.75 bits per heavy atom. The van der Waals surface area contributed by atoms with E-state index in [0.29, 0.717) is 0 Å². The van der Waals surface area contributed by atoms with E-state index in [-0.39, 0.29) is 5.91 Å². The number of nitrogens with zero attached hydrogens (tertiary/aromatic N) is 1. The van der Waals surface area contributed by atoms with Gasteiger partial charge >= 0.3 is 0 Å². The molecule has 1 aliphatic heterocycles. The quantitative estimate of drug-likeness (QED) is 0.714. The first-order valence-electron chi connectivity index (χ1n) is 5.84. The Kier molecular flexibility index (Phi) is 2.78. The first kappa shape index (κ1) is 11.2. The van der Waals surface area contributed by atoms with Crippen molar-refractivity contribution >= 4 is 5.91 Å². The van der Waals surface area contributed by atoms with Crippen molar-refractivity contribution in [2.24, 2.45) is 5.41 Å². The van der Waals surface area contributed by atoms with Crippen LogP contribution in [0, 0.1) is 5.41 Å². The van der Waals surface area contributed by atoms with Gasteiger partial charge in [-0.1, -0.05) is 18.6 Å². The number of amides is 1. The topological polar surface area (TPSA) is 29.5 Å². The molecule has 0 aromatic rings. The molecule has 0 aromatic heterocycles. The number of allylic oxidation sites excluding steroid dienone is 3. The minimum atomic E-state index is -0.399. The van der Waals surface area contributed by atoms with Crippen molar-refractivity contribution < 1.29 is 9.53 Å². The molecule has 1 saturated heterocycles. The van der Waals surface area contributed by atoms with Gasteiger partial charge in [0.1, 0.15) is 11.2 Å². The number of carbonyl (C=O) groups is 1. The number of ether oxygens (including phenoxy) is 1. The third kappa shape index (κ3) is 1.46. The van der Waals surface area contributed by atoms with Gasteiger partial charge in [-0.15, -0.1) is 0 Å². The van der Waals surface area contributed by atoms with Gasteiger partial charge in [0.15, 0.2) is 0 Å². The summed E-state index contributed by atoms with van der Waals surface area (Å²) >= 11 is 0. The van der Waals surface area contributed by atoms with Crippen molar-refractivity contribution in [1.29, 1.82) is 0 Å². The Balaban J connectivity index is 2.38. The van der Waals surface area contributed by atoms with Crippen LogP contribution in [0.3, 0.4) is 0 Å². The maximum absolute atomic E-state index is 12.3. The molecule has 1 aliphatic carbocycles. The van der Waals surface area contributed by atoms with Gasteiger partial charge in [0, 0.05) is 13.6 Å². The number of likely N-dealkylation sites (tertiary alicyclic amines) is 1. The molecule has 1 spiro atoms. The second-order valence-corrected chi connectivity index (χ2v) is 4.65. The van der Waals surface area contributed by atoms with Crippen molar-refractivity contribution in [3.05, 3.63) is 23.5 Å². The highest BCUT2D eigenvalue weighted by atomic mass is 16.5. The zero-order valence-corrected chi connectivity index (χ0v) is 10.2. The fraction of sp³-hybridized carbons (Fsp3) is 0.615. The molecule has 1 atom stereocenters. The third-order valence-corrected chi connectivity index (χ3v) is 3.78. The van der Waals surface area contributed by atoms with Crippen LogP contribution in [0.4, 0.5) is 0 Å². The summed E-state index contributed by atoms with van der Waals surface area (Å²) < 4.78 is 5.41. The zero-order chi connectivity index (χ0) is 11.8. The molecule has 0 bridgehead atoms. The molecule has 0 aromatic carbocycles. The van der Waals surface area contributed by atoms with Crippen molar-refractivity contribution in [3.8, 4) is 0 Å². The van der Waals surface area contributed by atoms with Crippen molar-refractivity contribution in [2.75, 3.05) is 20.7 Å². The lowest BCUT2D eigenvalue weighted by molar-refractivity contribution is -0.134. The normalized spacial score (nSPS) is 29.4. The maximum Gasteiger partial charge on any atom is 0.236 e. The molecule has 1 amide bonds. The number of methoxy groups -OCH3 is 1. The van der Waals surface area contributed by atoms with E-state index in [4.69, 9.17) is 4.74 Å². The standard InChI is InChI=1S/C13H19NO2/c1-4-10-5-6-11(16-3)13(9-10)7-8-14(2)12(13)15/h5-6H,4,7-9H2,1-3H3/t13-/m1/s1. The summed E-state index contributed by atoms with van der Waals surface area (Å²) in [7, 11) is 3.53. The lowest BCUT2D eigenvalue weighted by atomic mass is 9.74. The van der Waals surface area contributed by atoms with Crippen LogP contribution in [0.25, 0.3) is 0 Å². The van der Waals surface area contributed by atoms with Gasteiger partial charge in [-0.3, -0.25) is 4.79 Å². The smallest absolute Gasteiger partial charge is 0.236 e. The Morgan fingerprint density at radius 2 is 2.25 bits per heavy atom. The largest absolute Gasteiger partial charge is 0.500 e. The van der Waals surface area contributed by atoms with Crippen LogP contribution in [-0.2, 0) is 9.53 Å². The van der Waals surface area contributed by atoms with E-state index in [9.17, 15) is 4.79 Å². The minimum absolute atomic E-state index is 0.208. The maximum atomic E-state index is 12.3. The van der Waals surface area contributed by atoms with Gasteiger partial charge in [0.25, 0.3) is 0 Å². The van der Waals surface area contributed by atoms with Crippen LogP contribution in [0.15, 0.2) is 23.5 Å². The van der Waals surface area contributed by atoms with Crippen LogP contribution in [0.5, 0.6) is 0 Å². The molecule has 2 aliphatic rings. The highest BCUT2D eigenvalue weighted by molar-refractivity contribution is 5.88. The van der Waals surface area contributed by atoms with Crippen LogP contribution in [0.1, 0.15) is 26.2 Å². The Labute approximate surface area is 96.8 Å². The van der Waals surface area contributed by atoms with Gasteiger partial charge in [-0.2, -0.15) is 0 Å². The van der Waals surface area contributed by atoms with Crippen LogP contribution >= 0.6 is 0 Å². The summed E-state index contributed by atoms with van der Waals surface area (Å²) in [6, 6.07) is 0. The summed E-state index contributed by atoms with van der Waals surface area (Å²) in [4.78, 5) is 14.1. The zero-order valence-electron chi connectivity index (χ0n) is 10.2. The van der Waals surface area contributed by atoms with Crippen LogP contribution in [0.2, 0.25) is 0 Å². The predicted octanol–water partition coefficient (Wildman–Crippen LogP) is 2.11. The summed E-state index contributed by atoms with van der Waals surface area (Å²) in [5.41, 5.74) is 0.938. The fourth-order valence-corrected chi connectivity index (χ4v) is 2.72. The molecule has 88 valence electrons. The molecule has 1 fully saturated rings. The van der Waals surface area contributed by atoms with Crippen molar-refractivity contribution in [1.82, 2.24) is 4.90 Å². The Hall–Kier alpha value is -1.25. The Morgan fingerprint density at radius 1 is 1.50 bits per heavy atom.